The van der Waals surface area contributed by atoms with E-state index < -0.39 is 6.10 Å². The van der Waals surface area contributed by atoms with Crippen molar-refractivity contribution in [3.63, 3.8) is 0 Å². The van der Waals surface area contributed by atoms with Crippen molar-refractivity contribution in [2.24, 2.45) is 0 Å². The second-order valence-corrected chi connectivity index (χ2v) is 5.69. The fourth-order valence-corrected chi connectivity index (χ4v) is 2.82. The molecule has 1 atom stereocenters. The molecule has 2 heterocycles. The van der Waals surface area contributed by atoms with Crippen LogP contribution in [0, 0.1) is 0 Å². The number of nitrogens with zero attached hydrogens (tertiary/aromatic N) is 1. The Balaban J connectivity index is 1.78. The van der Waals surface area contributed by atoms with Gasteiger partial charge in [0.1, 0.15) is 0 Å². The molecule has 0 aliphatic carbocycles. The predicted octanol–water partition coefficient (Wildman–Crippen LogP) is 2.83. The summed E-state index contributed by atoms with van der Waals surface area (Å²) in [6.07, 6.45) is -0.394. The lowest BCUT2D eigenvalue weighted by Gasteiger charge is -2.12. The van der Waals surface area contributed by atoms with Crippen LogP contribution in [0.1, 0.15) is 24.4 Å². The smallest absolute Gasteiger partial charge is 0.310 e. The Labute approximate surface area is 130 Å². The fourth-order valence-electron chi connectivity index (χ4n) is 2.15. The second kappa shape index (κ2) is 6.11. The Bertz CT molecular complexity index is 855. The number of para-hydroxylation sites is 1. The van der Waals surface area contributed by atoms with Crippen LogP contribution in [0.2, 0.25) is 0 Å². The Morgan fingerprint density at radius 3 is 2.95 bits per heavy atom. The zero-order valence-electron chi connectivity index (χ0n) is 11.9. The molecule has 2 aromatic heterocycles. The largest absolute Gasteiger partial charge is 0.454 e. The minimum atomic E-state index is -0.608. The molecular weight excluding hydrogens is 300 g/mol. The van der Waals surface area contributed by atoms with Gasteiger partial charge in [-0.3, -0.25) is 9.59 Å². The fraction of sp³-hybridized carbons (Fsp3) is 0.188. The molecule has 0 aliphatic heterocycles. The lowest BCUT2D eigenvalue weighted by atomic mass is 10.2. The Hall–Kier alpha value is -2.47. The molecule has 0 aliphatic rings. The summed E-state index contributed by atoms with van der Waals surface area (Å²) >= 11 is 1.53. The maximum atomic E-state index is 12.0. The first-order valence-corrected chi connectivity index (χ1v) is 7.77. The van der Waals surface area contributed by atoms with Crippen LogP contribution in [-0.2, 0) is 16.0 Å². The number of carbonyl (C=O) groups is 1. The molecule has 0 amide bonds. The van der Waals surface area contributed by atoms with Gasteiger partial charge in [-0.25, -0.2) is 4.98 Å². The van der Waals surface area contributed by atoms with Gasteiger partial charge >= 0.3 is 5.97 Å². The van der Waals surface area contributed by atoms with Crippen molar-refractivity contribution in [3.05, 3.63) is 62.8 Å². The molecule has 6 heteroatoms. The van der Waals surface area contributed by atoms with Crippen molar-refractivity contribution in [2.45, 2.75) is 19.4 Å². The monoisotopic (exact) mass is 314 g/mol. The van der Waals surface area contributed by atoms with Crippen LogP contribution in [0.5, 0.6) is 0 Å². The first kappa shape index (κ1) is 14.5. The molecule has 0 saturated heterocycles. The first-order valence-electron chi connectivity index (χ1n) is 6.83. The molecule has 0 bridgehead atoms. The number of thiophene rings is 1. The minimum Gasteiger partial charge on any atom is -0.454 e. The summed E-state index contributed by atoms with van der Waals surface area (Å²) in [5.41, 5.74) is 1.27. The van der Waals surface area contributed by atoms with Gasteiger partial charge in [0.15, 0.2) is 11.9 Å². The summed E-state index contributed by atoms with van der Waals surface area (Å²) in [6.45, 7) is 1.69. The van der Waals surface area contributed by atoms with E-state index >= 15 is 0 Å². The number of aromatic amines is 1. The molecule has 3 rings (SSSR count). The predicted molar refractivity (Wildman–Crippen MR) is 84.9 cm³/mol. The Morgan fingerprint density at radius 2 is 2.18 bits per heavy atom. The van der Waals surface area contributed by atoms with E-state index in [0.717, 1.165) is 5.56 Å². The second-order valence-electron chi connectivity index (χ2n) is 4.91. The summed E-state index contributed by atoms with van der Waals surface area (Å²) in [5, 5.41) is 4.33. The van der Waals surface area contributed by atoms with Gasteiger partial charge in [-0.2, -0.15) is 11.3 Å². The van der Waals surface area contributed by atoms with Gasteiger partial charge in [-0.05, 0) is 41.4 Å². The number of nitrogens with one attached hydrogen (secondary N) is 1. The third kappa shape index (κ3) is 3.07. The van der Waals surface area contributed by atoms with E-state index in [9.17, 15) is 9.59 Å². The first-order chi connectivity index (χ1) is 10.6. The number of hydrogen-bond acceptors (Lipinski definition) is 5. The van der Waals surface area contributed by atoms with Crippen molar-refractivity contribution < 1.29 is 9.53 Å². The molecular formula is C16H14N2O3S. The number of fused-ring (bicyclic) bond motifs is 1. The van der Waals surface area contributed by atoms with E-state index in [4.69, 9.17) is 4.74 Å². The molecule has 1 N–H and O–H groups in total. The van der Waals surface area contributed by atoms with Crippen LogP contribution in [0.25, 0.3) is 10.9 Å². The molecule has 0 fully saturated rings. The lowest BCUT2D eigenvalue weighted by Crippen LogP contribution is -2.18. The topological polar surface area (TPSA) is 72.0 Å². The number of aromatic nitrogens is 2. The molecule has 22 heavy (non-hydrogen) atoms. The lowest BCUT2D eigenvalue weighted by molar-refractivity contribution is -0.148. The van der Waals surface area contributed by atoms with Crippen LogP contribution < -0.4 is 5.56 Å². The maximum Gasteiger partial charge on any atom is 0.310 e. The highest BCUT2D eigenvalue weighted by Gasteiger charge is 2.16. The molecule has 0 unspecified atom stereocenters. The molecule has 5 nitrogen and oxygen atoms in total. The van der Waals surface area contributed by atoms with Crippen molar-refractivity contribution in [1.82, 2.24) is 9.97 Å². The third-order valence-electron chi connectivity index (χ3n) is 3.25. The van der Waals surface area contributed by atoms with Crippen LogP contribution >= 0.6 is 11.3 Å². The summed E-state index contributed by atoms with van der Waals surface area (Å²) < 4.78 is 5.35. The number of rotatable bonds is 4. The number of benzene rings is 1. The summed E-state index contributed by atoms with van der Waals surface area (Å²) in [7, 11) is 0. The van der Waals surface area contributed by atoms with Crippen LogP contribution in [-0.4, -0.2) is 15.9 Å². The SMILES string of the molecule is C[C@H](OC(=O)Cc1ccsc1)c1nc2ccccc2c(=O)[nH]1. The highest BCUT2D eigenvalue weighted by molar-refractivity contribution is 7.07. The average molecular weight is 314 g/mol. The van der Waals surface area contributed by atoms with Gasteiger partial charge in [0.25, 0.3) is 5.56 Å². The van der Waals surface area contributed by atoms with Gasteiger partial charge < -0.3 is 9.72 Å². The quantitative estimate of drug-likeness (QED) is 0.752. The third-order valence-corrected chi connectivity index (χ3v) is 3.99. The zero-order valence-corrected chi connectivity index (χ0v) is 12.7. The Kier molecular flexibility index (Phi) is 4.02. The van der Waals surface area contributed by atoms with E-state index in [-0.39, 0.29) is 17.9 Å². The van der Waals surface area contributed by atoms with Crippen LogP contribution in [0.3, 0.4) is 0 Å². The van der Waals surface area contributed by atoms with Crippen LogP contribution in [0.15, 0.2) is 45.9 Å². The van der Waals surface area contributed by atoms with Gasteiger partial charge in [0.05, 0.1) is 17.3 Å². The molecule has 3 aromatic rings. The van der Waals surface area contributed by atoms with E-state index in [2.05, 4.69) is 9.97 Å². The number of hydrogen-bond donors (Lipinski definition) is 1. The van der Waals surface area contributed by atoms with Crippen molar-refractivity contribution in [2.75, 3.05) is 0 Å². The summed E-state index contributed by atoms with van der Waals surface area (Å²) in [6, 6.07) is 8.94. The van der Waals surface area contributed by atoms with E-state index in [1.165, 1.54) is 11.3 Å². The zero-order chi connectivity index (χ0) is 15.5. The highest BCUT2D eigenvalue weighted by atomic mass is 32.1. The summed E-state index contributed by atoms with van der Waals surface area (Å²) in [4.78, 5) is 30.9. The summed E-state index contributed by atoms with van der Waals surface area (Å²) in [5.74, 6) is 0.00377. The standard InChI is InChI=1S/C16H14N2O3S/c1-10(21-14(19)8-11-6-7-22-9-11)15-17-13-5-3-2-4-12(13)16(20)18-15/h2-7,9-10H,8H2,1H3,(H,17,18,20)/t10-/m0/s1. The molecule has 0 spiro atoms. The van der Waals surface area contributed by atoms with E-state index in [0.29, 0.717) is 16.7 Å². The molecule has 0 radical (unpaired) electrons. The average Bonchev–Trinajstić information content (AvgIpc) is 3.00. The van der Waals surface area contributed by atoms with Gasteiger partial charge in [-0.15, -0.1) is 0 Å². The molecule has 0 saturated carbocycles. The minimum absolute atomic E-state index is 0.214. The van der Waals surface area contributed by atoms with Gasteiger partial charge in [0.2, 0.25) is 0 Å². The molecule has 1 aromatic carbocycles. The van der Waals surface area contributed by atoms with Crippen molar-refractivity contribution in [1.29, 1.82) is 0 Å². The number of esters is 1. The van der Waals surface area contributed by atoms with Gasteiger partial charge in [0, 0.05) is 0 Å². The number of ether oxygens (including phenoxy) is 1. The highest BCUT2D eigenvalue weighted by Crippen LogP contribution is 2.16. The van der Waals surface area contributed by atoms with Crippen LogP contribution in [0.4, 0.5) is 0 Å². The van der Waals surface area contributed by atoms with E-state index in [1.807, 2.05) is 22.9 Å². The van der Waals surface area contributed by atoms with Crippen molar-refractivity contribution in [3.8, 4) is 0 Å². The normalized spacial score (nSPS) is 12.2. The Morgan fingerprint density at radius 1 is 1.36 bits per heavy atom. The maximum absolute atomic E-state index is 12.0. The number of carbonyl (C=O) groups excluding carboxylic acids is 1. The van der Waals surface area contributed by atoms with E-state index in [1.54, 1.807) is 25.1 Å². The van der Waals surface area contributed by atoms with Gasteiger partial charge in [-0.1, -0.05) is 12.1 Å². The number of H-pyrrole nitrogens is 1. The van der Waals surface area contributed by atoms with Crippen molar-refractivity contribution >= 4 is 28.2 Å². The molecule has 112 valence electrons.